The smallest absolute Gasteiger partial charge is 0.266 e. The zero-order valence-corrected chi connectivity index (χ0v) is 22.6. The van der Waals surface area contributed by atoms with Crippen molar-refractivity contribution in [3.05, 3.63) is 47.0 Å². The summed E-state index contributed by atoms with van der Waals surface area (Å²) in [5.74, 6) is 1.93. The van der Waals surface area contributed by atoms with E-state index in [0.29, 0.717) is 11.8 Å². The number of aromatic nitrogens is 7. The molecule has 4 aromatic heterocycles. The lowest BCUT2D eigenvalue weighted by Gasteiger charge is -2.29. The molecule has 11 nitrogen and oxygen atoms in total. The summed E-state index contributed by atoms with van der Waals surface area (Å²) in [4.78, 5) is 16.3. The van der Waals surface area contributed by atoms with E-state index in [9.17, 15) is 4.79 Å². The number of aryl methyl sites for hydroxylation is 1. The predicted octanol–water partition coefficient (Wildman–Crippen LogP) is 3.81. The highest BCUT2D eigenvalue weighted by atomic mass is 16.5. The average Bonchev–Trinajstić information content (AvgIpc) is 3.56. The number of pyridine rings is 1. The Morgan fingerprint density at radius 3 is 2.64 bits per heavy atom. The number of nitrogens with one attached hydrogen (secondary N) is 1. The molecule has 0 bridgehead atoms. The van der Waals surface area contributed by atoms with Crippen molar-refractivity contribution in [1.29, 1.82) is 0 Å². The highest BCUT2D eigenvalue weighted by Gasteiger charge is 2.28. The average molecular weight is 533 g/mol. The van der Waals surface area contributed by atoms with E-state index in [-0.39, 0.29) is 17.7 Å². The lowest BCUT2D eigenvalue weighted by molar-refractivity contribution is 0.0602. The van der Waals surface area contributed by atoms with Gasteiger partial charge in [0.25, 0.3) is 5.56 Å². The van der Waals surface area contributed by atoms with Crippen LogP contribution in [0.2, 0.25) is 0 Å². The van der Waals surface area contributed by atoms with Gasteiger partial charge in [-0.05, 0) is 57.4 Å². The van der Waals surface area contributed by atoms with E-state index in [0.717, 1.165) is 92.9 Å². The fourth-order valence-electron chi connectivity index (χ4n) is 5.68. The number of rotatable bonds is 8. The molecule has 0 aromatic carbocycles. The number of ether oxygens (including phenoxy) is 2. The van der Waals surface area contributed by atoms with Gasteiger partial charge in [0.2, 0.25) is 5.88 Å². The van der Waals surface area contributed by atoms with Crippen molar-refractivity contribution in [1.82, 2.24) is 34.3 Å². The summed E-state index contributed by atoms with van der Waals surface area (Å²) >= 11 is 0. The molecule has 39 heavy (non-hydrogen) atoms. The maximum absolute atomic E-state index is 11.6. The first kappa shape index (κ1) is 25.5. The predicted molar refractivity (Wildman–Crippen MR) is 148 cm³/mol. The van der Waals surface area contributed by atoms with Gasteiger partial charge in [-0.1, -0.05) is 0 Å². The first-order valence-corrected chi connectivity index (χ1v) is 14.0. The molecule has 0 unspecified atom stereocenters. The van der Waals surface area contributed by atoms with E-state index in [1.165, 1.54) is 10.7 Å². The van der Waals surface area contributed by atoms with Crippen LogP contribution in [0.4, 0.5) is 5.82 Å². The molecule has 206 valence electrons. The first-order valence-electron chi connectivity index (χ1n) is 14.0. The zero-order chi connectivity index (χ0) is 26.8. The molecule has 0 spiro atoms. The molecule has 1 aliphatic carbocycles. The van der Waals surface area contributed by atoms with E-state index in [1.54, 1.807) is 13.1 Å². The highest BCUT2D eigenvalue weighted by Crippen LogP contribution is 2.36. The molecular formula is C28H36N8O3. The Morgan fingerprint density at radius 2 is 1.87 bits per heavy atom. The van der Waals surface area contributed by atoms with Gasteiger partial charge in [-0.25, -0.2) is 9.67 Å². The number of anilines is 1. The van der Waals surface area contributed by atoms with Crippen LogP contribution >= 0.6 is 0 Å². The fourth-order valence-corrected chi connectivity index (χ4v) is 5.68. The molecule has 1 N–H and O–H groups in total. The van der Waals surface area contributed by atoms with E-state index in [1.807, 2.05) is 10.9 Å². The normalized spacial score (nSPS) is 20.4. The monoisotopic (exact) mass is 532 g/mol. The van der Waals surface area contributed by atoms with Crippen LogP contribution in [-0.4, -0.2) is 60.2 Å². The fraction of sp³-hybridized carbons (Fsp3) is 0.536. The van der Waals surface area contributed by atoms with Gasteiger partial charge in [-0.3, -0.25) is 14.2 Å². The number of nitrogens with zero attached hydrogens (tertiary/aromatic N) is 7. The minimum atomic E-state index is -0.146. The lowest BCUT2D eigenvalue weighted by atomic mass is 9.93. The summed E-state index contributed by atoms with van der Waals surface area (Å²) in [5.41, 5.74) is 2.67. The molecule has 2 aliphatic rings. The number of fused-ring (bicyclic) bond motifs is 1. The van der Waals surface area contributed by atoms with Crippen LogP contribution in [0.15, 0.2) is 41.5 Å². The van der Waals surface area contributed by atoms with Crippen LogP contribution in [0.25, 0.3) is 22.3 Å². The maximum atomic E-state index is 11.6. The Morgan fingerprint density at radius 1 is 1.05 bits per heavy atom. The first-order chi connectivity index (χ1) is 19.1. The lowest BCUT2D eigenvalue weighted by Crippen LogP contribution is -2.27. The topological polar surface area (TPSA) is 114 Å². The summed E-state index contributed by atoms with van der Waals surface area (Å²) in [6, 6.07) is 7.56. The summed E-state index contributed by atoms with van der Waals surface area (Å²) in [5, 5.41) is 18.6. The second-order valence-electron chi connectivity index (χ2n) is 10.6. The van der Waals surface area contributed by atoms with Crippen LogP contribution in [0.1, 0.15) is 51.5 Å². The molecule has 1 saturated heterocycles. The second-order valence-corrected chi connectivity index (χ2v) is 10.6. The molecule has 1 aliphatic heterocycles. The van der Waals surface area contributed by atoms with Crippen molar-refractivity contribution in [2.75, 3.05) is 25.1 Å². The van der Waals surface area contributed by atoms with Crippen molar-refractivity contribution in [3.63, 3.8) is 0 Å². The van der Waals surface area contributed by atoms with Crippen LogP contribution in [0.5, 0.6) is 5.88 Å². The summed E-state index contributed by atoms with van der Waals surface area (Å²) in [6.45, 7) is 5.45. The van der Waals surface area contributed by atoms with Crippen molar-refractivity contribution >= 4 is 16.7 Å². The third-order valence-electron chi connectivity index (χ3n) is 7.83. The standard InChI is InChI=1S/C28H36N8O3/c1-3-29-25-16-24-22(17-30-25)28(23-10-13-35(31-23)18-19-11-14-38-15-12-19)33-36(24)20-4-6-21(7-5-20)39-26-8-9-27(37)34(2)32-26/h8-10,13,16-17,19-21H,3-7,11-12,14-15,18H2,1-2H3,(H,29,30)/t20-,21+. The van der Waals surface area contributed by atoms with Crippen LogP contribution in [-0.2, 0) is 18.3 Å². The molecule has 4 aromatic rings. The van der Waals surface area contributed by atoms with Gasteiger partial charge in [0.05, 0.1) is 11.6 Å². The SMILES string of the molecule is CCNc1cc2c(cn1)c(-c1ccn(CC3CCOCC3)n1)nn2[C@H]1CC[C@@H](Oc2ccc(=O)n(C)n2)CC1. The molecule has 2 fully saturated rings. The minimum Gasteiger partial charge on any atom is -0.473 e. The van der Waals surface area contributed by atoms with Crippen LogP contribution in [0, 0.1) is 5.92 Å². The Balaban J connectivity index is 1.23. The van der Waals surface area contributed by atoms with Gasteiger partial charge in [-0.15, -0.1) is 5.10 Å². The number of hydrogen-bond donors (Lipinski definition) is 1. The third-order valence-corrected chi connectivity index (χ3v) is 7.83. The van der Waals surface area contributed by atoms with Crippen molar-refractivity contribution in [2.45, 2.75) is 64.1 Å². The second kappa shape index (κ2) is 11.2. The van der Waals surface area contributed by atoms with Crippen molar-refractivity contribution < 1.29 is 9.47 Å². The number of hydrogen-bond acceptors (Lipinski definition) is 8. The van der Waals surface area contributed by atoms with Crippen molar-refractivity contribution in [2.24, 2.45) is 13.0 Å². The van der Waals surface area contributed by atoms with Gasteiger partial charge in [0, 0.05) is 69.3 Å². The molecule has 0 atom stereocenters. The molecule has 0 amide bonds. The van der Waals surface area contributed by atoms with E-state index in [2.05, 4.69) is 45.3 Å². The zero-order valence-electron chi connectivity index (χ0n) is 22.6. The Kier molecular flexibility index (Phi) is 7.32. The third kappa shape index (κ3) is 5.54. The quantitative estimate of drug-likeness (QED) is 0.364. The Labute approximate surface area is 227 Å². The molecule has 1 saturated carbocycles. The summed E-state index contributed by atoms with van der Waals surface area (Å²) in [7, 11) is 1.64. The largest absolute Gasteiger partial charge is 0.473 e. The molecule has 5 heterocycles. The van der Waals surface area contributed by atoms with E-state index < -0.39 is 0 Å². The summed E-state index contributed by atoms with van der Waals surface area (Å²) < 4.78 is 17.2. The van der Waals surface area contributed by atoms with Crippen molar-refractivity contribution in [3.8, 4) is 17.3 Å². The molecule has 11 heteroatoms. The van der Waals surface area contributed by atoms with E-state index in [4.69, 9.17) is 19.7 Å². The molecular weight excluding hydrogens is 496 g/mol. The van der Waals surface area contributed by atoms with Gasteiger partial charge in [-0.2, -0.15) is 10.2 Å². The van der Waals surface area contributed by atoms with Gasteiger partial charge in [0.15, 0.2) is 0 Å². The van der Waals surface area contributed by atoms with Crippen LogP contribution < -0.4 is 15.6 Å². The highest BCUT2D eigenvalue weighted by molar-refractivity contribution is 5.93. The Bertz CT molecular complexity index is 1480. The maximum Gasteiger partial charge on any atom is 0.266 e. The van der Waals surface area contributed by atoms with Gasteiger partial charge in [0.1, 0.15) is 23.3 Å². The van der Waals surface area contributed by atoms with Gasteiger partial charge < -0.3 is 14.8 Å². The Hall–Kier alpha value is -3.73. The van der Waals surface area contributed by atoms with E-state index >= 15 is 0 Å². The molecule has 0 radical (unpaired) electrons. The summed E-state index contributed by atoms with van der Waals surface area (Å²) in [6.07, 6.45) is 9.84. The van der Waals surface area contributed by atoms with Gasteiger partial charge >= 0.3 is 0 Å². The minimum absolute atomic E-state index is 0.0624. The molecule has 6 rings (SSSR count). The van der Waals surface area contributed by atoms with Crippen LogP contribution in [0.3, 0.4) is 0 Å².